The first-order valence-electron chi connectivity index (χ1n) is 9.30. The maximum absolute atomic E-state index is 12.8. The number of rotatable bonds is 4. The Morgan fingerprint density at radius 3 is 2.42 bits per heavy atom. The Labute approximate surface area is 162 Å². The summed E-state index contributed by atoms with van der Waals surface area (Å²) in [5.74, 6) is 0.353. The molecule has 0 atom stereocenters. The molecule has 26 heavy (non-hydrogen) atoms. The number of furan rings is 1. The normalized spacial score (nSPS) is 16.5. The van der Waals surface area contributed by atoms with Crippen LogP contribution in [0.2, 0.25) is 0 Å². The van der Waals surface area contributed by atoms with E-state index in [0.717, 1.165) is 40.5 Å². The van der Waals surface area contributed by atoms with Crippen molar-refractivity contribution in [3.63, 3.8) is 0 Å². The summed E-state index contributed by atoms with van der Waals surface area (Å²) < 4.78 is 5.93. The van der Waals surface area contributed by atoms with Gasteiger partial charge < -0.3 is 14.6 Å². The summed E-state index contributed by atoms with van der Waals surface area (Å²) in [6, 6.07) is 4.14. The lowest BCUT2D eigenvalue weighted by molar-refractivity contribution is 0.0780. The molecule has 1 aliphatic carbocycles. The van der Waals surface area contributed by atoms with Crippen LogP contribution in [0.1, 0.15) is 59.3 Å². The lowest BCUT2D eigenvalue weighted by Gasteiger charge is -2.43. The van der Waals surface area contributed by atoms with Gasteiger partial charge in [-0.25, -0.2) is 0 Å². The van der Waals surface area contributed by atoms with Gasteiger partial charge in [-0.1, -0.05) is 25.3 Å². The molecule has 0 spiro atoms. The van der Waals surface area contributed by atoms with Gasteiger partial charge in [-0.2, -0.15) is 0 Å². The van der Waals surface area contributed by atoms with Gasteiger partial charge in [-0.15, -0.1) is 12.4 Å². The van der Waals surface area contributed by atoms with Crippen molar-refractivity contribution in [1.82, 2.24) is 10.2 Å². The highest BCUT2D eigenvalue weighted by Crippen LogP contribution is 2.32. The second kappa shape index (κ2) is 8.01. The minimum atomic E-state index is -0.0995. The number of hydrogen-bond donors (Lipinski definition) is 1. The lowest BCUT2D eigenvalue weighted by Crippen LogP contribution is -2.53. The third kappa shape index (κ3) is 3.77. The summed E-state index contributed by atoms with van der Waals surface area (Å²) in [6.07, 6.45) is 6.03. The van der Waals surface area contributed by atoms with E-state index in [9.17, 15) is 4.79 Å². The number of aryl methyl sites for hydroxylation is 3. The Balaban J connectivity index is 0.00000243. The van der Waals surface area contributed by atoms with Gasteiger partial charge in [0.25, 0.3) is 5.91 Å². The highest BCUT2D eigenvalue weighted by Gasteiger charge is 2.35. The number of nitrogens with one attached hydrogen (secondary N) is 1. The van der Waals surface area contributed by atoms with Crippen molar-refractivity contribution >= 4 is 29.3 Å². The first-order chi connectivity index (χ1) is 11.8. The molecule has 0 unspecified atom stereocenters. The van der Waals surface area contributed by atoms with Crippen molar-refractivity contribution in [3.05, 3.63) is 34.6 Å². The van der Waals surface area contributed by atoms with Crippen molar-refractivity contribution in [2.24, 2.45) is 0 Å². The maximum Gasteiger partial charge on any atom is 0.287 e. The van der Waals surface area contributed by atoms with E-state index in [-0.39, 0.29) is 23.9 Å². The largest absolute Gasteiger partial charge is 0.451 e. The molecule has 1 aromatic heterocycles. The Hall–Kier alpha value is -1.52. The number of carbonyl (C=O) groups excluding carboxylic acids is 1. The van der Waals surface area contributed by atoms with E-state index < -0.39 is 0 Å². The van der Waals surface area contributed by atoms with Crippen LogP contribution in [-0.4, -0.2) is 37.0 Å². The first-order valence-corrected chi connectivity index (χ1v) is 9.30. The van der Waals surface area contributed by atoms with Crippen LogP contribution in [-0.2, 0) is 0 Å². The molecule has 0 aliphatic heterocycles. The molecule has 0 radical (unpaired) electrons. The number of halogens is 1. The smallest absolute Gasteiger partial charge is 0.287 e. The molecule has 2 aromatic rings. The molecule has 1 amide bonds. The minimum absolute atomic E-state index is 0. The van der Waals surface area contributed by atoms with Crippen LogP contribution in [0.5, 0.6) is 0 Å². The predicted octanol–water partition coefficient (Wildman–Crippen LogP) is 4.77. The quantitative estimate of drug-likeness (QED) is 0.833. The summed E-state index contributed by atoms with van der Waals surface area (Å²) in [5, 5.41) is 4.22. The number of likely N-dealkylation sites (N-methyl/N-ethyl adjacent to an activating group) is 1. The Morgan fingerprint density at radius 1 is 1.15 bits per heavy atom. The molecule has 1 fully saturated rings. The molecule has 144 valence electrons. The Bertz CT molecular complexity index is 789. The van der Waals surface area contributed by atoms with E-state index in [1.807, 2.05) is 19.9 Å². The molecule has 0 bridgehead atoms. The van der Waals surface area contributed by atoms with Crippen LogP contribution in [0.15, 0.2) is 16.5 Å². The van der Waals surface area contributed by atoms with Gasteiger partial charge >= 0.3 is 0 Å². The lowest BCUT2D eigenvalue weighted by atomic mass is 9.80. The summed E-state index contributed by atoms with van der Waals surface area (Å²) in [7, 11) is 4.24. The molecule has 1 N–H and O–H groups in total. The molecule has 4 nitrogen and oxygen atoms in total. The number of carbonyl (C=O) groups is 1. The van der Waals surface area contributed by atoms with E-state index in [0.29, 0.717) is 12.3 Å². The van der Waals surface area contributed by atoms with Gasteiger partial charge in [0.2, 0.25) is 0 Å². The number of nitrogens with zero attached hydrogens (tertiary/aromatic N) is 1. The van der Waals surface area contributed by atoms with E-state index >= 15 is 0 Å². The van der Waals surface area contributed by atoms with E-state index in [1.165, 1.54) is 19.3 Å². The van der Waals surface area contributed by atoms with Crippen molar-refractivity contribution in [3.8, 4) is 0 Å². The third-order valence-electron chi connectivity index (χ3n) is 5.89. The topological polar surface area (TPSA) is 45.5 Å². The maximum atomic E-state index is 12.8. The molecular formula is C21H31ClN2O2. The number of hydrogen-bond acceptors (Lipinski definition) is 3. The van der Waals surface area contributed by atoms with Crippen LogP contribution in [0, 0.1) is 20.8 Å². The van der Waals surface area contributed by atoms with Crippen LogP contribution >= 0.6 is 12.4 Å². The summed E-state index contributed by atoms with van der Waals surface area (Å²) in [4.78, 5) is 15.1. The molecule has 1 saturated carbocycles. The van der Waals surface area contributed by atoms with E-state index in [1.54, 1.807) is 0 Å². The molecule has 5 heteroatoms. The average Bonchev–Trinajstić information content (AvgIpc) is 2.90. The van der Waals surface area contributed by atoms with Gasteiger partial charge in [0.15, 0.2) is 5.76 Å². The second-order valence-corrected chi connectivity index (χ2v) is 7.87. The Kier molecular flexibility index (Phi) is 6.41. The highest BCUT2D eigenvalue weighted by molar-refractivity contribution is 6.00. The van der Waals surface area contributed by atoms with Gasteiger partial charge in [-0.3, -0.25) is 4.79 Å². The SMILES string of the molecule is Cc1cc(C)c2c(C)c(C(=O)NCC3(N(C)C)CCCCC3)oc2c1.Cl. The number of benzene rings is 1. The van der Waals surface area contributed by atoms with Crippen LogP contribution < -0.4 is 5.32 Å². The van der Waals surface area contributed by atoms with Gasteiger partial charge in [0.05, 0.1) is 0 Å². The molecule has 0 saturated heterocycles. The van der Waals surface area contributed by atoms with Gasteiger partial charge in [0, 0.05) is 23.0 Å². The summed E-state index contributed by atoms with van der Waals surface area (Å²) >= 11 is 0. The Morgan fingerprint density at radius 2 is 1.81 bits per heavy atom. The fourth-order valence-corrected chi connectivity index (χ4v) is 4.32. The van der Waals surface area contributed by atoms with Gasteiger partial charge in [-0.05, 0) is 64.9 Å². The van der Waals surface area contributed by atoms with Crippen molar-refractivity contribution in [2.45, 2.75) is 58.4 Å². The first kappa shape index (κ1) is 20.8. The number of amides is 1. The van der Waals surface area contributed by atoms with Crippen molar-refractivity contribution < 1.29 is 9.21 Å². The third-order valence-corrected chi connectivity index (χ3v) is 5.89. The monoisotopic (exact) mass is 378 g/mol. The average molecular weight is 379 g/mol. The van der Waals surface area contributed by atoms with Crippen LogP contribution in [0.4, 0.5) is 0 Å². The van der Waals surface area contributed by atoms with Crippen LogP contribution in [0.3, 0.4) is 0 Å². The summed E-state index contributed by atoms with van der Waals surface area (Å²) in [6.45, 7) is 6.77. The standard InChI is InChI=1S/C21H30N2O2.ClH/c1-14-11-15(2)18-16(3)19(25-17(18)12-14)20(24)22-13-21(23(4)5)9-7-6-8-10-21;/h11-12H,6-10,13H2,1-5H3,(H,22,24);1H. The van der Waals surface area contributed by atoms with Crippen molar-refractivity contribution in [2.75, 3.05) is 20.6 Å². The molecular weight excluding hydrogens is 348 g/mol. The zero-order chi connectivity index (χ0) is 18.2. The van der Waals surface area contributed by atoms with Gasteiger partial charge in [0.1, 0.15) is 5.58 Å². The fourth-order valence-electron chi connectivity index (χ4n) is 4.32. The van der Waals surface area contributed by atoms with E-state index in [4.69, 9.17) is 4.42 Å². The number of fused-ring (bicyclic) bond motifs is 1. The molecule has 3 rings (SSSR count). The minimum Gasteiger partial charge on any atom is -0.451 e. The molecule has 1 aromatic carbocycles. The van der Waals surface area contributed by atoms with Crippen molar-refractivity contribution in [1.29, 1.82) is 0 Å². The summed E-state index contributed by atoms with van der Waals surface area (Å²) in [5.41, 5.74) is 4.12. The van der Waals surface area contributed by atoms with E-state index in [2.05, 4.69) is 37.3 Å². The second-order valence-electron chi connectivity index (χ2n) is 7.87. The zero-order valence-electron chi connectivity index (χ0n) is 16.6. The molecule has 1 aliphatic rings. The van der Waals surface area contributed by atoms with Crippen LogP contribution in [0.25, 0.3) is 11.0 Å². The fraction of sp³-hybridized carbons (Fsp3) is 0.571. The highest BCUT2D eigenvalue weighted by atomic mass is 35.5. The predicted molar refractivity (Wildman–Crippen MR) is 110 cm³/mol. The molecule has 1 heterocycles. The zero-order valence-corrected chi connectivity index (χ0v) is 17.4.